The summed E-state index contributed by atoms with van der Waals surface area (Å²) in [5.41, 5.74) is -0.274. The van der Waals surface area contributed by atoms with Gasteiger partial charge in [-0.1, -0.05) is 6.07 Å². The SMILES string of the molecule is O=S(=O)(CC(F)(F)F)Nc1ccc2c3cnccc3c3cn[nH]c3c2c1F. The number of hydrogen-bond donors (Lipinski definition) is 2. The van der Waals surface area contributed by atoms with Gasteiger partial charge in [0.2, 0.25) is 10.0 Å². The Kier molecular flexibility index (Phi) is 3.74. The number of hydrogen-bond acceptors (Lipinski definition) is 4. The zero-order valence-corrected chi connectivity index (χ0v) is 14.1. The first-order chi connectivity index (χ1) is 12.7. The minimum Gasteiger partial charge on any atom is -0.280 e. The highest BCUT2D eigenvalue weighted by molar-refractivity contribution is 7.92. The molecule has 0 atom stereocenters. The third kappa shape index (κ3) is 3.03. The minimum absolute atomic E-state index is 0.00945. The summed E-state index contributed by atoms with van der Waals surface area (Å²) < 4.78 is 77.4. The Morgan fingerprint density at radius 2 is 1.81 bits per heavy atom. The number of aromatic amines is 1. The zero-order chi connectivity index (χ0) is 19.4. The van der Waals surface area contributed by atoms with Crippen molar-refractivity contribution in [3.05, 3.63) is 42.6 Å². The van der Waals surface area contributed by atoms with Crippen LogP contribution in [0.25, 0.3) is 32.4 Å². The van der Waals surface area contributed by atoms with E-state index in [1.807, 2.05) is 0 Å². The van der Waals surface area contributed by atoms with Crippen LogP contribution in [0, 0.1) is 5.82 Å². The second-order valence-corrected chi connectivity index (χ2v) is 7.63. The number of H-pyrrole nitrogens is 1. The Hall–Kier alpha value is -2.95. The highest BCUT2D eigenvalue weighted by Crippen LogP contribution is 2.37. The monoisotopic (exact) mass is 398 g/mol. The predicted molar refractivity (Wildman–Crippen MR) is 92.3 cm³/mol. The molecule has 0 aliphatic carbocycles. The smallest absolute Gasteiger partial charge is 0.280 e. The van der Waals surface area contributed by atoms with Gasteiger partial charge in [-0.05, 0) is 22.9 Å². The van der Waals surface area contributed by atoms with Gasteiger partial charge in [0.25, 0.3) is 0 Å². The number of rotatable bonds is 3. The van der Waals surface area contributed by atoms with Crippen LogP contribution in [0.4, 0.5) is 23.2 Å². The first-order valence-electron chi connectivity index (χ1n) is 7.54. The molecule has 0 bridgehead atoms. The number of benzene rings is 2. The van der Waals surface area contributed by atoms with E-state index >= 15 is 4.39 Å². The van der Waals surface area contributed by atoms with Crippen molar-refractivity contribution in [2.45, 2.75) is 6.18 Å². The molecular weight excluding hydrogens is 388 g/mol. The Bertz CT molecular complexity index is 1300. The summed E-state index contributed by atoms with van der Waals surface area (Å²) in [5.74, 6) is -3.11. The molecule has 0 amide bonds. The Morgan fingerprint density at radius 1 is 1.04 bits per heavy atom. The molecule has 0 aliphatic rings. The third-order valence-corrected chi connectivity index (χ3v) is 5.29. The van der Waals surface area contributed by atoms with E-state index in [2.05, 4.69) is 15.2 Å². The highest BCUT2D eigenvalue weighted by Gasteiger charge is 2.35. The maximum absolute atomic E-state index is 15.1. The van der Waals surface area contributed by atoms with Gasteiger partial charge >= 0.3 is 6.18 Å². The molecule has 2 aromatic carbocycles. The number of nitrogens with one attached hydrogen (secondary N) is 2. The molecule has 140 valence electrons. The van der Waals surface area contributed by atoms with Crippen LogP contribution < -0.4 is 4.72 Å². The molecule has 0 aliphatic heterocycles. The van der Waals surface area contributed by atoms with Crippen LogP contribution >= 0.6 is 0 Å². The quantitative estimate of drug-likeness (QED) is 0.407. The maximum Gasteiger partial charge on any atom is 0.404 e. The summed E-state index contributed by atoms with van der Waals surface area (Å²) in [5, 5.41) is 8.92. The van der Waals surface area contributed by atoms with Crippen LogP contribution in [0.1, 0.15) is 0 Å². The molecule has 0 radical (unpaired) electrons. The van der Waals surface area contributed by atoms with E-state index in [0.29, 0.717) is 21.7 Å². The number of sulfonamides is 1. The van der Waals surface area contributed by atoms with Gasteiger partial charge in [-0.25, -0.2) is 12.8 Å². The molecule has 4 rings (SSSR count). The van der Waals surface area contributed by atoms with Gasteiger partial charge in [-0.3, -0.25) is 14.8 Å². The van der Waals surface area contributed by atoms with E-state index in [9.17, 15) is 21.6 Å². The molecule has 2 aromatic heterocycles. The fourth-order valence-electron chi connectivity index (χ4n) is 3.07. The molecule has 0 saturated heterocycles. The summed E-state index contributed by atoms with van der Waals surface area (Å²) in [6.45, 7) is 0. The van der Waals surface area contributed by atoms with Crippen LogP contribution in [0.3, 0.4) is 0 Å². The topological polar surface area (TPSA) is 87.7 Å². The highest BCUT2D eigenvalue weighted by atomic mass is 32.2. The van der Waals surface area contributed by atoms with Crippen molar-refractivity contribution in [2.24, 2.45) is 0 Å². The first kappa shape index (κ1) is 17.5. The Balaban J connectivity index is 1.96. The average molecular weight is 398 g/mol. The van der Waals surface area contributed by atoms with E-state index in [-0.39, 0.29) is 5.39 Å². The average Bonchev–Trinajstić information content (AvgIpc) is 3.04. The van der Waals surface area contributed by atoms with E-state index in [1.54, 1.807) is 17.0 Å². The molecular formula is C16H10F4N4O2S. The summed E-state index contributed by atoms with van der Waals surface area (Å²) in [6, 6.07) is 4.23. The van der Waals surface area contributed by atoms with Gasteiger partial charge in [0, 0.05) is 28.6 Å². The lowest BCUT2D eigenvalue weighted by molar-refractivity contribution is -0.106. The molecule has 2 heterocycles. The van der Waals surface area contributed by atoms with Gasteiger partial charge in [0.05, 0.1) is 17.4 Å². The van der Waals surface area contributed by atoms with Crippen LogP contribution in [0.15, 0.2) is 36.8 Å². The number of nitrogens with zero attached hydrogens (tertiary/aromatic N) is 2. The van der Waals surface area contributed by atoms with Gasteiger partial charge in [0.15, 0.2) is 11.6 Å². The molecule has 27 heavy (non-hydrogen) atoms. The number of fused-ring (bicyclic) bond motifs is 6. The lowest BCUT2D eigenvalue weighted by Gasteiger charge is -2.13. The number of halogens is 4. The molecule has 0 fully saturated rings. The van der Waals surface area contributed by atoms with Crippen molar-refractivity contribution in [3.8, 4) is 0 Å². The van der Waals surface area contributed by atoms with Crippen molar-refractivity contribution in [1.29, 1.82) is 0 Å². The zero-order valence-electron chi connectivity index (χ0n) is 13.3. The maximum atomic E-state index is 15.1. The second-order valence-electron chi connectivity index (χ2n) is 5.91. The van der Waals surface area contributed by atoms with E-state index in [0.717, 1.165) is 11.5 Å². The number of alkyl halides is 3. The molecule has 6 nitrogen and oxygen atoms in total. The van der Waals surface area contributed by atoms with Gasteiger partial charge < -0.3 is 0 Å². The van der Waals surface area contributed by atoms with Crippen LogP contribution in [0.5, 0.6) is 0 Å². The summed E-state index contributed by atoms with van der Waals surface area (Å²) in [4.78, 5) is 4.02. The standard InChI is InChI=1S/C16H10F4N4O2S/c17-14-12(24-27(25,26)7-16(18,19)20)2-1-9-10-5-21-4-3-8(10)11-6-22-23-15(11)13(9)14/h1-6,24H,7H2,(H,22,23). The van der Waals surface area contributed by atoms with Crippen molar-refractivity contribution in [1.82, 2.24) is 15.2 Å². The third-order valence-electron chi connectivity index (χ3n) is 4.05. The molecule has 0 saturated carbocycles. The molecule has 2 N–H and O–H groups in total. The largest absolute Gasteiger partial charge is 0.404 e. The minimum atomic E-state index is -4.95. The number of aromatic nitrogens is 3. The first-order valence-corrected chi connectivity index (χ1v) is 9.20. The molecule has 0 spiro atoms. The summed E-state index contributed by atoms with van der Waals surface area (Å²) in [7, 11) is -4.82. The fraction of sp³-hybridized carbons (Fsp3) is 0.125. The summed E-state index contributed by atoms with van der Waals surface area (Å²) in [6.07, 6.45) is -0.373. The Labute approximate surface area is 149 Å². The molecule has 11 heteroatoms. The lowest BCUT2D eigenvalue weighted by atomic mass is 9.99. The number of pyridine rings is 1. The van der Waals surface area contributed by atoms with Crippen LogP contribution in [-0.4, -0.2) is 35.5 Å². The van der Waals surface area contributed by atoms with E-state index in [4.69, 9.17) is 0 Å². The fourth-order valence-corrected chi connectivity index (χ4v) is 4.06. The van der Waals surface area contributed by atoms with Gasteiger partial charge in [0.1, 0.15) is 0 Å². The summed E-state index contributed by atoms with van der Waals surface area (Å²) >= 11 is 0. The van der Waals surface area contributed by atoms with E-state index < -0.39 is 33.5 Å². The normalized spacial score (nSPS) is 12.9. The van der Waals surface area contributed by atoms with Crippen LogP contribution in [-0.2, 0) is 10.0 Å². The van der Waals surface area contributed by atoms with Crippen molar-refractivity contribution < 1.29 is 26.0 Å². The predicted octanol–water partition coefficient (Wildman–Crippen LogP) is 3.71. The molecule has 0 unspecified atom stereocenters. The molecule has 4 aromatic rings. The van der Waals surface area contributed by atoms with Crippen molar-refractivity contribution in [2.75, 3.05) is 10.5 Å². The van der Waals surface area contributed by atoms with Crippen molar-refractivity contribution >= 4 is 48.2 Å². The Morgan fingerprint density at radius 3 is 2.56 bits per heavy atom. The van der Waals surface area contributed by atoms with Crippen LogP contribution in [0.2, 0.25) is 0 Å². The van der Waals surface area contributed by atoms with Gasteiger partial charge in [-0.2, -0.15) is 18.3 Å². The second kappa shape index (κ2) is 5.78. The van der Waals surface area contributed by atoms with Gasteiger partial charge in [-0.15, -0.1) is 0 Å². The van der Waals surface area contributed by atoms with Crippen molar-refractivity contribution in [3.63, 3.8) is 0 Å². The number of anilines is 1. The van der Waals surface area contributed by atoms with E-state index in [1.165, 1.54) is 18.5 Å². The lowest BCUT2D eigenvalue weighted by Crippen LogP contribution is -2.28.